The zero-order chi connectivity index (χ0) is 11.2. The molecule has 0 aliphatic carbocycles. The second-order valence-electron chi connectivity index (χ2n) is 3.70. The van der Waals surface area contributed by atoms with Crippen molar-refractivity contribution in [1.82, 2.24) is 9.97 Å². The molecule has 84 valence electrons. The lowest BCUT2D eigenvalue weighted by Gasteiger charge is -2.06. The Morgan fingerprint density at radius 1 is 1.25 bits per heavy atom. The predicted molar refractivity (Wildman–Crippen MR) is 68.6 cm³/mol. The maximum absolute atomic E-state index is 4.21. The fourth-order valence-electron chi connectivity index (χ4n) is 1.69. The molecule has 2 nitrogen and oxygen atoms in total. The molecule has 16 heavy (non-hydrogen) atoms. The van der Waals surface area contributed by atoms with Crippen molar-refractivity contribution in [2.45, 2.75) is 30.7 Å². The SMILES string of the molecule is CCCc1ccccc1CSc1ncc[nH]1. The number of imidazole rings is 1. The van der Waals surface area contributed by atoms with Crippen LogP contribution < -0.4 is 0 Å². The first kappa shape index (κ1) is 11.3. The summed E-state index contributed by atoms with van der Waals surface area (Å²) in [6, 6.07) is 8.66. The normalized spacial score (nSPS) is 10.6. The van der Waals surface area contributed by atoms with Gasteiger partial charge in [0.2, 0.25) is 0 Å². The van der Waals surface area contributed by atoms with E-state index in [1.54, 1.807) is 18.0 Å². The highest BCUT2D eigenvalue weighted by atomic mass is 32.2. The molecule has 0 unspecified atom stereocenters. The molecule has 0 atom stereocenters. The van der Waals surface area contributed by atoms with Gasteiger partial charge in [0.05, 0.1) is 0 Å². The van der Waals surface area contributed by atoms with Gasteiger partial charge in [-0.15, -0.1) is 0 Å². The lowest BCUT2D eigenvalue weighted by molar-refractivity contribution is 0.910. The molecule has 0 radical (unpaired) electrons. The van der Waals surface area contributed by atoms with E-state index in [1.165, 1.54) is 17.5 Å². The molecule has 2 rings (SSSR count). The topological polar surface area (TPSA) is 28.7 Å². The van der Waals surface area contributed by atoms with Crippen molar-refractivity contribution in [3.63, 3.8) is 0 Å². The number of H-pyrrole nitrogens is 1. The highest BCUT2D eigenvalue weighted by Gasteiger charge is 2.02. The number of thioether (sulfide) groups is 1. The molecule has 0 saturated carbocycles. The average Bonchev–Trinajstić information content (AvgIpc) is 2.81. The molecule has 0 aliphatic heterocycles. The Labute approximate surface area is 101 Å². The van der Waals surface area contributed by atoms with E-state index >= 15 is 0 Å². The number of nitrogens with one attached hydrogen (secondary N) is 1. The largest absolute Gasteiger partial charge is 0.340 e. The van der Waals surface area contributed by atoms with Gasteiger partial charge in [-0.25, -0.2) is 4.98 Å². The minimum absolute atomic E-state index is 0.990. The van der Waals surface area contributed by atoms with Crippen LogP contribution in [0.3, 0.4) is 0 Å². The van der Waals surface area contributed by atoms with Gasteiger partial charge < -0.3 is 4.98 Å². The summed E-state index contributed by atoms with van der Waals surface area (Å²) in [5.41, 5.74) is 2.88. The van der Waals surface area contributed by atoms with Gasteiger partial charge in [-0.2, -0.15) is 0 Å². The van der Waals surface area contributed by atoms with Gasteiger partial charge in [-0.1, -0.05) is 49.4 Å². The molecule has 0 spiro atoms. The second-order valence-corrected chi connectivity index (χ2v) is 4.67. The number of aryl methyl sites for hydroxylation is 1. The summed E-state index contributed by atoms with van der Waals surface area (Å²) >= 11 is 1.75. The predicted octanol–water partition coefficient (Wildman–Crippen LogP) is 3.65. The Hall–Kier alpha value is -1.22. The van der Waals surface area contributed by atoms with E-state index in [0.717, 1.165) is 17.3 Å². The Kier molecular flexibility index (Phi) is 4.05. The van der Waals surface area contributed by atoms with Gasteiger partial charge in [-0.3, -0.25) is 0 Å². The molecule has 1 aromatic carbocycles. The first-order chi connectivity index (χ1) is 7.90. The third-order valence-electron chi connectivity index (χ3n) is 2.48. The number of rotatable bonds is 5. The van der Waals surface area contributed by atoms with Gasteiger partial charge in [0, 0.05) is 18.1 Å². The Bertz CT molecular complexity index is 423. The molecule has 0 aliphatic rings. The second kappa shape index (κ2) is 5.75. The van der Waals surface area contributed by atoms with Crippen LogP contribution >= 0.6 is 11.8 Å². The van der Waals surface area contributed by atoms with E-state index in [1.807, 2.05) is 6.20 Å². The standard InChI is InChI=1S/C13H16N2S/c1-2-5-11-6-3-4-7-12(11)10-16-13-14-8-9-15-13/h3-4,6-9H,2,5,10H2,1H3,(H,14,15). The summed E-state index contributed by atoms with van der Waals surface area (Å²) in [7, 11) is 0. The Morgan fingerprint density at radius 2 is 2.06 bits per heavy atom. The Balaban J connectivity index is 2.03. The van der Waals surface area contributed by atoms with Crippen molar-refractivity contribution in [2.24, 2.45) is 0 Å². The monoisotopic (exact) mass is 232 g/mol. The zero-order valence-electron chi connectivity index (χ0n) is 9.44. The van der Waals surface area contributed by atoms with Crippen LogP contribution in [-0.2, 0) is 12.2 Å². The van der Waals surface area contributed by atoms with E-state index in [0.29, 0.717) is 0 Å². The van der Waals surface area contributed by atoms with Crippen LogP contribution in [0.25, 0.3) is 0 Å². The number of aromatic amines is 1. The number of hydrogen-bond donors (Lipinski definition) is 1. The summed E-state index contributed by atoms with van der Waals surface area (Å²) < 4.78 is 0. The summed E-state index contributed by atoms with van der Waals surface area (Å²) in [5.74, 6) is 0.990. The molecule has 1 heterocycles. The van der Waals surface area contributed by atoms with Crippen LogP contribution in [0.1, 0.15) is 24.5 Å². The minimum atomic E-state index is 0.990. The third kappa shape index (κ3) is 2.89. The molecular weight excluding hydrogens is 216 g/mol. The van der Waals surface area contributed by atoms with Crippen LogP contribution in [0.5, 0.6) is 0 Å². The van der Waals surface area contributed by atoms with E-state index in [4.69, 9.17) is 0 Å². The highest BCUT2D eigenvalue weighted by molar-refractivity contribution is 7.98. The van der Waals surface area contributed by atoms with Crippen molar-refractivity contribution in [3.05, 3.63) is 47.8 Å². The molecule has 1 N–H and O–H groups in total. The smallest absolute Gasteiger partial charge is 0.165 e. The first-order valence-electron chi connectivity index (χ1n) is 5.59. The van der Waals surface area contributed by atoms with Crippen molar-refractivity contribution >= 4 is 11.8 Å². The van der Waals surface area contributed by atoms with Gasteiger partial charge in [0.25, 0.3) is 0 Å². The maximum atomic E-state index is 4.21. The molecular formula is C13H16N2S. The molecule has 1 aromatic heterocycles. The fourth-order valence-corrected chi connectivity index (χ4v) is 2.55. The van der Waals surface area contributed by atoms with Gasteiger partial charge in [-0.05, 0) is 17.5 Å². The molecule has 3 heteroatoms. The van der Waals surface area contributed by atoms with Crippen LogP contribution in [0, 0.1) is 0 Å². The zero-order valence-corrected chi connectivity index (χ0v) is 10.3. The van der Waals surface area contributed by atoms with E-state index in [2.05, 4.69) is 41.2 Å². The summed E-state index contributed by atoms with van der Waals surface area (Å²) in [6.07, 6.45) is 6.01. The maximum Gasteiger partial charge on any atom is 0.165 e. The lowest BCUT2D eigenvalue weighted by atomic mass is 10.0. The number of aromatic nitrogens is 2. The van der Waals surface area contributed by atoms with Crippen molar-refractivity contribution in [3.8, 4) is 0 Å². The van der Waals surface area contributed by atoms with Crippen LogP contribution in [0.4, 0.5) is 0 Å². The van der Waals surface area contributed by atoms with E-state index in [-0.39, 0.29) is 0 Å². The molecule has 0 bridgehead atoms. The van der Waals surface area contributed by atoms with Gasteiger partial charge >= 0.3 is 0 Å². The molecule has 2 aromatic rings. The summed E-state index contributed by atoms with van der Waals surface area (Å²) in [6.45, 7) is 2.22. The van der Waals surface area contributed by atoms with Crippen molar-refractivity contribution in [1.29, 1.82) is 0 Å². The van der Waals surface area contributed by atoms with Crippen molar-refractivity contribution < 1.29 is 0 Å². The van der Waals surface area contributed by atoms with E-state index in [9.17, 15) is 0 Å². The molecule has 0 amide bonds. The van der Waals surface area contributed by atoms with Crippen molar-refractivity contribution in [2.75, 3.05) is 0 Å². The average molecular weight is 232 g/mol. The lowest BCUT2D eigenvalue weighted by Crippen LogP contribution is -1.91. The Morgan fingerprint density at radius 3 is 2.75 bits per heavy atom. The highest BCUT2D eigenvalue weighted by Crippen LogP contribution is 2.22. The van der Waals surface area contributed by atoms with Crippen LogP contribution in [-0.4, -0.2) is 9.97 Å². The van der Waals surface area contributed by atoms with Gasteiger partial charge in [0.1, 0.15) is 0 Å². The molecule has 0 fully saturated rings. The number of nitrogens with zero attached hydrogens (tertiary/aromatic N) is 1. The quantitative estimate of drug-likeness (QED) is 0.797. The first-order valence-corrected chi connectivity index (χ1v) is 6.57. The van der Waals surface area contributed by atoms with E-state index < -0.39 is 0 Å². The number of hydrogen-bond acceptors (Lipinski definition) is 2. The fraction of sp³-hybridized carbons (Fsp3) is 0.308. The van der Waals surface area contributed by atoms with Crippen LogP contribution in [0.15, 0.2) is 41.8 Å². The third-order valence-corrected chi connectivity index (χ3v) is 3.43. The summed E-state index contributed by atoms with van der Waals surface area (Å²) in [5, 5.41) is 0.992. The molecule has 0 saturated heterocycles. The van der Waals surface area contributed by atoms with Crippen LogP contribution in [0.2, 0.25) is 0 Å². The van der Waals surface area contributed by atoms with Gasteiger partial charge in [0.15, 0.2) is 5.16 Å². The summed E-state index contributed by atoms with van der Waals surface area (Å²) in [4.78, 5) is 7.33. The number of benzene rings is 1. The minimum Gasteiger partial charge on any atom is -0.340 e.